The van der Waals surface area contributed by atoms with Crippen molar-refractivity contribution in [3.63, 3.8) is 0 Å². The molecule has 0 saturated carbocycles. The van der Waals surface area contributed by atoms with Gasteiger partial charge in [0.1, 0.15) is 27.8 Å². The number of nitrogens with zero attached hydrogens (tertiary/aromatic N) is 3. The first-order valence-electron chi connectivity index (χ1n) is 5.37. The number of sulfone groups is 1. The molecule has 0 spiro atoms. The third kappa shape index (κ3) is 4.99. The second-order valence-corrected chi connectivity index (χ2v) is 6.10. The smallest absolute Gasteiger partial charge is 0.149 e. The summed E-state index contributed by atoms with van der Waals surface area (Å²) in [4.78, 5) is 9.95. The summed E-state index contributed by atoms with van der Waals surface area (Å²) in [5, 5.41) is 3.08. The fraction of sp³-hybridized carbons (Fsp3) is 0.600. The molecule has 6 nitrogen and oxygen atoms in total. The Balaban J connectivity index is 2.68. The van der Waals surface area contributed by atoms with Crippen molar-refractivity contribution in [2.45, 2.75) is 6.92 Å². The Bertz CT molecular complexity index is 461. The molecule has 1 heterocycles. The summed E-state index contributed by atoms with van der Waals surface area (Å²) in [5.41, 5.74) is 0. The third-order valence-corrected chi connectivity index (χ3v) is 3.12. The van der Waals surface area contributed by atoms with Crippen LogP contribution in [-0.2, 0) is 9.84 Å². The van der Waals surface area contributed by atoms with Gasteiger partial charge in [0.05, 0.1) is 5.75 Å². The highest BCUT2D eigenvalue weighted by Crippen LogP contribution is 2.12. The molecule has 1 aromatic heterocycles. The molecule has 7 heteroatoms. The highest BCUT2D eigenvalue weighted by molar-refractivity contribution is 7.90. The van der Waals surface area contributed by atoms with Crippen molar-refractivity contribution >= 4 is 21.5 Å². The Labute approximate surface area is 102 Å². The Kier molecular flexibility index (Phi) is 4.68. The normalized spacial score (nSPS) is 11.2. The Morgan fingerprint density at radius 2 is 2.12 bits per heavy atom. The first-order chi connectivity index (χ1) is 7.92. The minimum atomic E-state index is -2.95. The molecular weight excluding hydrogens is 240 g/mol. The fourth-order valence-electron chi connectivity index (χ4n) is 1.25. The van der Waals surface area contributed by atoms with E-state index in [0.717, 1.165) is 12.4 Å². The summed E-state index contributed by atoms with van der Waals surface area (Å²) in [6.07, 6.45) is 2.69. The van der Waals surface area contributed by atoms with Crippen molar-refractivity contribution in [3.05, 3.63) is 12.4 Å². The van der Waals surface area contributed by atoms with Gasteiger partial charge in [-0.3, -0.25) is 0 Å². The maximum Gasteiger partial charge on any atom is 0.149 e. The maximum atomic E-state index is 11.1. The largest absolute Gasteiger partial charge is 0.370 e. The number of nitrogens with one attached hydrogen (secondary N) is 1. The molecular formula is C10H18N4O2S. The van der Waals surface area contributed by atoms with Crippen LogP contribution in [0.15, 0.2) is 12.4 Å². The molecule has 0 aliphatic rings. The zero-order chi connectivity index (χ0) is 12.9. The van der Waals surface area contributed by atoms with E-state index in [-0.39, 0.29) is 5.75 Å². The van der Waals surface area contributed by atoms with E-state index in [2.05, 4.69) is 15.3 Å². The van der Waals surface area contributed by atoms with Gasteiger partial charge in [0.15, 0.2) is 0 Å². The maximum absolute atomic E-state index is 11.1. The van der Waals surface area contributed by atoms with Crippen LogP contribution < -0.4 is 10.2 Å². The highest BCUT2D eigenvalue weighted by Gasteiger charge is 2.08. The monoisotopic (exact) mass is 258 g/mol. The van der Waals surface area contributed by atoms with E-state index < -0.39 is 9.84 Å². The summed E-state index contributed by atoms with van der Waals surface area (Å²) in [6.45, 7) is 3.18. The SMILES string of the molecule is CCNc1cc(N(C)CCS(C)(=O)=O)ncn1. The molecule has 0 bridgehead atoms. The van der Waals surface area contributed by atoms with Crippen LogP contribution in [0.1, 0.15) is 6.92 Å². The van der Waals surface area contributed by atoms with Crippen molar-refractivity contribution in [1.82, 2.24) is 9.97 Å². The van der Waals surface area contributed by atoms with Crippen molar-refractivity contribution in [3.8, 4) is 0 Å². The van der Waals surface area contributed by atoms with Crippen LogP contribution in [-0.4, -0.2) is 50.5 Å². The average Bonchev–Trinajstić information content (AvgIpc) is 2.26. The summed E-state index contributed by atoms with van der Waals surface area (Å²) in [6, 6.07) is 1.80. The number of hydrogen-bond donors (Lipinski definition) is 1. The van der Waals surface area contributed by atoms with Gasteiger partial charge in [0.2, 0.25) is 0 Å². The predicted octanol–water partition coefficient (Wildman–Crippen LogP) is 0.389. The Morgan fingerprint density at radius 3 is 2.71 bits per heavy atom. The zero-order valence-electron chi connectivity index (χ0n) is 10.3. The minimum absolute atomic E-state index is 0.115. The van der Waals surface area contributed by atoms with E-state index in [1.54, 1.807) is 11.0 Å². The molecule has 0 unspecified atom stereocenters. The van der Waals surface area contributed by atoms with Crippen molar-refractivity contribution in [2.75, 3.05) is 42.4 Å². The number of aromatic nitrogens is 2. The predicted molar refractivity (Wildman–Crippen MR) is 69.2 cm³/mol. The van der Waals surface area contributed by atoms with Crippen LogP contribution in [0, 0.1) is 0 Å². The van der Waals surface area contributed by atoms with Gasteiger partial charge < -0.3 is 10.2 Å². The van der Waals surface area contributed by atoms with Crippen LogP contribution in [0.4, 0.5) is 11.6 Å². The molecule has 0 saturated heterocycles. The van der Waals surface area contributed by atoms with E-state index in [1.165, 1.54) is 12.6 Å². The zero-order valence-corrected chi connectivity index (χ0v) is 11.2. The molecule has 0 fully saturated rings. The summed E-state index contributed by atoms with van der Waals surface area (Å²) >= 11 is 0. The third-order valence-electron chi connectivity index (χ3n) is 2.20. The number of rotatable bonds is 6. The average molecular weight is 258 g/mol. The lowest BCUT2D eigenvalue weighted by molar-refractivity contribution is 0.601. The number of hydrogen-bond acceptors (Lipinski definition) is 6. The second-order valence-electron chi connectivity index (χ2n) is 3.84. The lowest BCUT2D eigenvalue weighted by atomic mass is 10.4. The molecule has 1 rings (SSSR count). The molecule has 0 aliphatic carbocycles. The van der Waals surface area contributed by atoms with Crippen LogP contribution in [0.5, 0.6) is 0 Å². The number of anilines is 2. The van der Waals surface area contributed by atoms with Gasteiger partial charge in [0, 0.05) is 32.5 Å². The van der Waals surface area contributed by atoms with Gasteiger partial charge in [0.25, 0.3) is 0 Å². The van der Waals surface area contributed by atoms with E-state index in [9.17, 15) is 8.42 Å². The van der Waals surface area contributed by atoms with E-state index in [4.69, 9.17) is 0 Å². The Morgan fingerprint density at radius 1 is 1.41 bits per heavy atom. The van der Waals surface area contributed by atoms with Crippen LogP contribution in [0.3, 0.4) is 0 Å². The molecule has 1 aromatic rings. The van der Waals surface area contributed by atoms with Crippen LogP contribution in [0.2, 0.25) is 0 Å². The Hall–Kier alpha value is -1.37. The summed E-state index contributed by atoms with van der Waals surface area (Å²) in [5.74, 6) is 1.56. The molecule has 1 N–H and O–H groups in total. The molecule has 96 valence electrons. The van der Waals surface area contributed by atoms with Gasteiger partial charge in [-0.1, -0.05) is 0 Å². The molecule has 0 radical (unpaired) electrons. The lowest BCUT2D eigenvalue weighted by Crippen LogP contribution is -2.25. The highest BCUT2D eigenvalue weighted by atomic mass is 32.2. The quantitative estimate of drug-likeness (QED) is 0.795. The van der Waals surface area contributed by atoms with Crippen molar-refractivity contribution in [1.29, 1.82) is 0 Å². The van der Waals surface area contributed by atoms with Gasteiger partial charge in [-0.15, -0.1) is 0 Å². The van der Waals surface area contributed by atoms with Crippen LogP contribution in [0.25, 0.3) is 0 Å². The second kappa shape index (κ2) is 5.81. The van der Waals surface area contributed by atoms with Gasteiger partial charge in [-0.25, -0.2) is 18.4 Å². The van der Waals surface area contributed by atoms with Crippen molar-refractivity contribution in [2.24, 2.45) is 0 Å². The van der Waals surface area contributed by atoms with Gasteiger partial charge in [-0.2, -0.15) is 0 Å². The molecule has 17 heavy (non-hydrogen) atoms. The van der Waals surface area contributed by atoms with Gasteiger partial charge >= 0.3 is 0 Å². The van der Waals surface area contributed by atoms with Crippen molar-refractivity contribution < 1.29 is 8.42 Å². The summed E-state index contributed by atoms with van der Waals surface area (Å²) in [7, 11) is -1.14. The van der Waals surface area contributed by atoms with E-state index in [0.29, 0.717) is 12.4 Å². The summed E-state index contributed by atoms with van der Waals surface area (Å²) < 4.78 is 22.1. The molecule has 0 amide bonds. The van der Waals surface area contributed by atoms with E-state index in [1.807, 2.05) is 14.0 Å². The first-order valence-corrected chi connectivity index (χ1v) is 7.43. The fourth-order valence-corrected chi connectivity index (χ4v) is 1.86. The molecule has 0 aromatic carbocycles. The standard InChI is InChI=1S/C10H18N4O2S/c1-4-11-9-7-10(13-8-12-9)14(2)5-6-17(3,15)16/h7-8H,4-6H2,1-3H3,(H,11,12,13). The molecule has 0 aliphatic heterocycles. The first kappa shape index (κ1) is 13.7. The minimum Gasteiger partial charge on any atom is -0.370 e. The van der Waals surface area contributed by atoms with E-state index >= 15 is 0 Å². The topological polar surface area (TPSA) is 75.2 Å². The van der Waals surface area contributed by atoms with Crippen LogP contribution >= 0.6 is 0 Å². The van der Waals surface area contributed by atoms with Gasteiger partial charge in [-0.05, 0) is 6.92 Å². The lowest BCUT2D eigenvalue weighted by Gasteiger charge is -2.17. The molecule has 0 atom stereocenters.